The molecule has 1 aromatic heterocycles. The standard InChI is InChI=1S/C18H25ClN4O2S/c1-12(2)9-23-6-7-25-14(10-23)11-26-18-20-17(21-22-18)15-8-13(19)4-5-16(15)24-3/h4-5,8,12,14H,6-7,9-11H2,1-3H3,(H,20,21,22)/t14-/m1/s1. The van der Waals surface area contributed by atoms with Crippen molar-refractivity contribution in [1.82, 2.24) is 20.1 Å². The molecule has 0 bridgehead atoms. The minimum atomic E-state index is 0.204. The number of hydrogen-bond donors (Lipinski definition) is 1. The second kappa shape index (κ2) is 9.08. The van der Waals surface area contributed by atoms with Gasteiger partial charge in [0.2, 0.25) is 5.16 Å². The van der Waals surface area contributed by atoms with Crippen molar-refractivity contribution < 1.29 is 9.47 Å². The van der Waals surface area contributed by atoms with Crippen LogP contribution in [0.4, 0.5) is 0 Å². The van der Waals surface area contributed by atoms with Crippen LogP contribution in [-0.4, -0.2) is 65.3 Å². The summed E-state index contributed by atoms with van der Waals surface area (Å²) < 4.78 is 11.3. The van der Waals surface area contributed by atoms with E-state index < -0.39 is 0 Å². The molecule has 3 rings (SSSR count). The SMILES string of the molecule is COc1ccc(Cl)cc1-c1nc(SC[C@H]2CN(CC(C)C)CCO2)n[nH]1. The number of aromatic amines is 1. The first-order chi connectivity index (χ1) is 12.5. The second-order valence-electron chi connectivity index (χ2n) is 6.77. The quantitative estimate of drug-likeness (QED) is 0.721. The zero-order valence-corrected chi connectivity index (χ0v) is 16.9. The molecule has 2 heterocycles. The van der Waals surface area contributed by atoms with Crippen molar-refractivity contribution in [1.29, 1.82) is 0 Å². The Morgan fingerprint density at radius 2 is 2.31 bits per heavy atom. The fourth-order valence-electron chi connectivity index (χ4n) is 3.03. The summed E-state index contributed by atoms with van der Waals surface area (Å²) in [6.07, 6.45) is 0.204. The average molecular weight is 397 g/mol. The molecular weight excluding hydrogens is 372 g/mol. The van der Waals surface area contributed by atoms with Gasteiger partial charge in [-0.05, 0) is 24.1 Å². The lowest BCUT2D eigenvalue weighted by Gasteiger charge is -2.33. The third-order valence-electron chi connectivity index (χ3n) is 4.13. The number of aromatic nitrogens is 3. The molecule has 1 N–H and O–H groups in total. The van der Waals surface area contributed by atoms with Crippen LogP contribution in [0.15, 0.2) is 23.4 Å². The van der Waals surface area contributed by atoms with Crippen LogP contribution < -0.4 is 4.74 Å². The number of ether oxygens (including phenoxy) is 2. The molecule has 1 aromatic carbocycles. The van der Waals surface area contributed by atoms with Gasteiger partial charge in [0, 0.05) is 30.4 Å². The molecule has 0 radical (unpaired) electrons. The van der Waals surface area contributed by atoms with Gasteiger partial charge in [0.25, 0.3) is 0 Å². The van der Waals surface area contributed by atoms with Crippen molar-refractivity contribution in [2.24, 2.45) is 5.92 Å². The van der Waals surface area contributed by atoms with Crippen molar-refractivity contribution in [3.05, 3.63) is 23.2 Å². The average Bonchev–Trinajstić information content (AvgIpc) is 3.08. The van der Waals surface area contributed by atoms with E-state index in [2.05, 4.69) is 33.9 Å². The Balaban J connectivity index is 1.60. The molecule has 0 saturated carbocycles. The lowest BCUT2D eigenvalue weighted by molar-refractivity contribution is -0.0191. The minimum Gasteiger partial charge on any atom is -0.496 e. The predicted molar refractivity (Wildman–Crippen MR) is 105 cm³/mol. The molecule has 0 aliphatic carbocycles. The molecule has 8 heteroatoms. The summed E-state index contributed by atoms with van der Waals surface area (Å²) in [4.78, 5) is 7.04. The van der Waals surface area contributed by atoms with E-state index in [-0.39, 0.29) is 6.10 Å². The number of morpholine rings is 1. The first kappa shape index (κ1) is 19.5. The molecule has 1 aliphatic rings. The molecule has 2 aromatic rings. The van der Waals surface area contributed by atoms with Crippen molar-refractivity contribution in [2.45, 2.75) is 25.1 Å². The highest BCUT2D eigenvalue weighted by atomic mass is 35.5. The summed E-state index contributed by atoms with van der Waals surface area (Å²) in [5.41, 5.74) is 0.802. The maximum atomic E-state index is 6.10. The molecule has 0 spiro atoms. The first-order valence-electron chi connectivity index (χ1n) is 8.78. The summed E-state index contributed by atoms with van der Waals surface area (Å²) >= 11 is 7.70. The number of H-pyrrole nitrogens is 1. The highest BCUT2D eigenvalue weighted by Crippen LogP contribution is 2.31. The number of methoxy groups -OCH3 is 1. The second-order valence-corrected chi connectivity index (χ2v) is 8.19. The largest absolute Gasteiger partial charge is 0.496 e. The van der Waals surface area contributed by atoms with Crippen LogP contribution in [0, 0.1) is 5.92 Å². The van der Waals surface area contributed by atoms with Crippen molar-refractivity contribution in [2.75, 3.05) is 39.1 Å². The maximum absolute atomic E-state index is 6.10. The Morgan fingerprint density at radius 3 is 3.08 bits per heavy atom. The number of rotatable bonds is 7. The van der Waals surface area contributed by atoms with Gasteiger partial charge in [-0.15, -0.1) is 5.10 Å². The Kier molecular flexibility index (Phi) is 6.80. The number of nitrogens with zero attached hydrogens (tertiary/aromatic N) is 3. The molecule has 1 atom stereocenters. The van der Waals surface area contributed by atoms with Gasteiger partial charge in [-0.2, -0.15) is 0 Å². The number of benzene rings is 1. The normalized spacial score (nSPS) is 18.4. The maximum Gasteiger partial charge on any atom is 0.208 e. The fraction of sp³-hybridized carbons (Fsp3) is 0.556. The molecule has 0 amide bonds. The highest BCUT2D eigenvalue weighted by molar-refractivity contribution is 7.99. The monoisotopic (exact) mass is 396 g/mol. The van der Waals surface area contributed by atoms with Crippen molar-refractivity contribution in [3.8, 4) is 17.1 Å². The summed E-state index contributed by atoms with van der Waals surface area (Å²) in [6, 6.07) is 5.44. The van der Waals surface area contributed by atoms with E-state index in [1.165, 1.54) is 0 Å². The van der Waals surface area contributed by atoms with E-state index in [0.717, 1.165) is 37.6 Å². The van der Waals surface area contributed by atoms with Crippen LogP contribution in [0.25, 0.3) is 11.4 Å². The van der Waals surface area contributed by atoms with Crippen LogP contribution >= 0.6 is 23.4 Å². The molecule has 26 heavy (non-hydrogen) atoms. The lowest BCUT2D eigenvalue weighted by Crippen LogP contribution is -2.44. The molecule has 1 aliphatic heterocycles. The van der Waals surface area contributed by atoms with Gasteiger partial charge in [0.1, 0.15) is 5.75 Å². The molecule has 0 unspecified atom stereocenters. The van der Waals surface area contributed by atoms with Gasteiger partial charge in [-0.1, -0.05) is 37.2 Å². The summed E-state index contributed by atoms with van der Waals surface area (Å²) in [5, 5.41) is 8.62. The Bertz CT molecular complexity index is 725. The van der Waals surface area contributed by atoms with E-state index in [1.54, 1.807) is 24.9 Å². The van der Waals surface area contributed by atoms with E-state index in [9.17, 15) is 0 Å². The summed E-state index contributed by atoms with van der Waals surface area (Å²) in [6.45, 7) is 8.38. The predicted octanol–water partition coefficient (Wildman–Crippen LogP) is 3.58. The summed E-state index contributed by atoms with van der Waals surface area (Å²) in [5.74, 6) is 2.86. The Hall–Kier alpha value is -1.28. The third-order valence-corrected chi connectivity index (χ3v) is 5.34. The molecule has 6 nitrogen and oxygen atoms in total. The smallest absolute Gasteiger partial charge is 0.208 e. The van der Waals surface area contributed by atoms with Crippen LogP contribution in [0.1, 0.15) is 13.8 Å². The lowest BCUT2D eigenvalue weighted by atomic mass is 10.2. The van der Waals surface area contributed by atoms with Gasteiger partial charge in [-0.25, -0.2) is 4.98 Å². The Morgan fingerprint density at radius 1 is 1.46 bits per heavy atom. The molecule has 1 fully saturated rings. The summed E-state index contributed by atoms with van der Waals surface area (Å²) in [7, 11) is 1.63. The van der Waals surface area contributed by atoms with Gasteiger partial charge >= 0.3 is 0 Å². The van der Waals surface area contributed by atoms with Gasteiger partial charge in [-0.3, -0.25) is 10.00 Å². The van der Waals surface area contributed by atoms with Crippen LogP contribution in [0.2, 0.25) is 5.02 Å². The number of thioether (sulfide) groups is 1. The third kappa shape index (κ3) is 5.13. The molecular formula is C18H25ClN4O2S. The van der Waals surface area contributed by atoms with Crippen molar-refractivity contribution in [3.63, 3.8) is 0 Å². The highest BCUT2D eigenvalue weighted by Gasteiger charge is 2.22. The van der Waals surface area contributed by atoms with E-state index in [4.69, 9.17) is 21.1 Å². The van der Waals surface area contributed by atoms with Gasteiger partial charge < -0.3 is 9.47 Å². The fourth-order valence-corrected chi connectivity index (χ4v) is 4.00. The number of halogens is 1. The van der Waals surface area contributed by atoms with Crippen LogP contribution in [-0.2, 0) is 4.74 Å². The van der Waals surface area contributed by atoms with Crippen LogP contribution in [0.5, 0.6) is 5.75 Å². The van der Waals surface area contributed by atoms with Gasteiger partial charge in [0.15, 0.2) is 5.82 Å². The zero-order valence-electron chi connectivity index (χ0n) is 15.4. The van der Waals surface area contributed by atoms with Crippen molar-refractivity contribution >= 4 is 23.4 Å². The number of nitrogens with one attached hydrogen (secondary N) is 1. The zero-order chi connectivity index (χ0) is 18.5. The topological polar surface area (TPSA) is 63.3 Å². The van der Waals surface area contributed by atoms with E-state index >= 15 is 0 Å². The Labute approximate surface area is 163 Å². The number of hydrogen-bond acceptors (Lipinski definition) is 6. The molecule has 1 saturated heterocycles. The minimum absolute atomic E-state index is 0.204. The van der Waals surface area contributed by atoms with Gasteiger partial charge in [0.05, 0.1) is 25.4 Å². The van der Waals surface area contributed by atoms with E-state index in [0.29, 0.717) is 27.7 Å². The first-order valence-corrected chi connectivity index (χ1v) is 10.1. The van der Waals surface area contributed by atoms with Crippen LogP contribution in [0.3, 0.4) is 0 Å². The van der Waals surface area contributed by atoms with E-state index in [1.807, 2.05) is 12.1 Å². The molecule has 142 valence electrons.